The van der Waals surface area contributed by atoms with Crippen LogP contribution in [0.4, 0.5) is 5.69 Å². The van der Waals surface area contributed by atoms with Crippen LogP contribution in [-0.4, -0.2) is 57.1 Å². The summed E-state index contributed by atoms with van der Waals surface area (Å²) in [6.45, 7) is 1.43. The maximum absolute atomic E-state index is 13.8. The molecule has 1 N–H and O–H groups in total. The van der Waals surface area contributed by atoms with Crippen molar-refractivity contribution in [2.45, 2.75) is 64.1 Å². The monoisotopic (exact) mass is 583 g/mol. The molecule has 2 aromatic rings. The molecule has 0 saturated heterocycles. The number of methoxy groups -OCH3 is 1. The van der Waals surface area contributed by atoms with Gasteiger partial charge in [-0.2, -0.15) is 0 Å². The first-order chi connectivity index (χ1) is 18.0. The van der Waals surface area contributed by atoms with Crippen LogP contribution in [0.5, 0.6) is 5.75 Å². The maximum Gasteiger partial charge on any atom is 0.244 e. The van der Waals surface area contributed by atoms with Crippen LogP contribution in [0.2, 0.25) is 10.0 Å². The quantitative estimate of drug-likeness (QED) is 0.400. The van der Waals surface area contributed by atoms with Gasteiger partial charge < -0.3 is 15.0 Å². The van der Waals surface area contributed by atoms with E-state index >= 15 is 0 Å². The lowest BCUT2D eigenvalue weighted by Crippen LogP contribution is -2.54. The van der Waals surface area contributed by atoms with Crippen molar-refractivity contribution in [1.82, 2.24) is 10.2 Å². The van der Waals surface area contributed by atoms with Crippen LogP contribution < -0.4 is 14.4 Å². The van der Waals surface area contributed by atoms with Crippen molar-refractivity contribution in [2.24, 2.45) is 0 Å². The minimum absolute atomic E-state index is 0.0728. The Kier molecular flexibility index (Phi) is 10.7. The molecule has 0 heterocycles. The molecule has 8 nitrogen and oxygen atoms in total. The fraction of sp³-hybridized carbons (Fsp3) is 0.481. The van der Waals surface area contributed by atoms with Gasteiger partial charge in [-0.05, 0) is 55.2 Å². The Bertz CT molecular complexity index is 1220. The molecule has 0 unspecified atom stereocenters. The summed E-state index contributed by atoms with van der Waals surface area (Å²) >= 11 is 12.3. The molecule has 11 heteroatoms. The van der Waals surface area contributed by atoms with Gasteiger partial charge in [0, 0.05) is 17.6 Å². The van der Waals surface area contributed by atoms with Gasteiger partial charge in [0.15, 0.2) is 0 Å². The first-order valence-electron chi connectivity index (χ1n) is 12.7. The van der Waals surface area contributed by atoms with E-state index in [9.17, 15) is 18.0 Å². The number of carbonyl (C=O) groups is 2. The number of hydrogen-bond acceptors (Lipinski definition) is 5. The fourth-order valence-electron chi connectivity index (χ4n) is 4.67. The van der Waals surface area contributed by atoms with Crippen molar-refractivity contribution >= 4 is 50.7 Å². The molecule has 3 rings (SSSR count). The summed E-state index contributed by atoms with van der Waals surface area (Å²) < 4.78 is 31.7. The van der Waals surface area contributed by atoms with Crippen molar-refractivity contribution in [3.05, 3.63) is 58.1 Å². The Morgan fingerprint density at radius 3 is 2.29 bits per heavy atom. The first kappa shape index (κ1) is 30.1. The van der Waals surface area contributed by atoms with Gasteiger partial charge in [0.2, 0.25) is 21.8 Å². The zero-order chi connectivity index (χ0) is 27.9. The number of carbonyl (C=O) groups excluding carboxylic acids is 2. The van der Waals surface area contributed by atoms with E-state index in [0.29, 0.717) is 17.2 Å². The van der Waals surface area contributed by atoms with Gasteiger partial charge in [-0.1, -0.05) is 61.5 Å². The predicted octanol–water partition coefficient (Wildman–Crippen LogP) is 5.02. The summed E-state index contributed by atoms with van der Waals surface area (Å²) in [5.41, 5.74) is 0.912. The molecule has 0 aliphatic heterocycles. The van der Waals surface area contributed by atoms with Crippen LogP contribution in [-0.2, 0) is 26.2 Å². The Morgan fingerprint density at radius 2 is 1.74 bits per heavy atom. The normalized spacial score (nSPS) is 15.0. The molecule has 1 aliphatic carbocycles. The number of rotatable bonds is 11. The Labute approximate surface area is 235 Å². The fourth-order valence-corrected chi connectivity index (χ4v) is 6.09. The number of anilines is 1. The molecule has 1 saturated carbocycles. The van der Waals surface area contributed by atoms with Crippen molar-refractivity contribution in [3.63, 3.8) is 0 Å². The second-order valence-corrected chi connectivity index (χ2v) is 12.3. The average Bonchev–Trinajstić information content (AvgIpc) is 2.88. The van der Waals surface area contributed by atoms with Gasteiger partial charge >= 0.3 is 0 Å². The predicted molar refractivity (Wildman–Crippen MR) is 151 cm³/mol. The molecule has 1 fully saturated rings. The lowest BCUT2D eigenvalue weighted by Gasteiger charge is -2.34. The van der Waals surface area contributed by atoms with E-state index in [2.05, 4.69) is 5.32 Å². The molecule has 0 aromatic heterocycles. The van der Waals surface area contributed by atoms with Crippen LogP contribution in [0.25, 0.3) is 0 Å². The number of nitrogens with zero attached hydrogens (tertiary/aromatic N) is 2. The zero-order valence-corrected chi connectivity index (χ0v) is 24.3. The minimum atomic E-state index is -3.90. The Balaban J connectivity index is 1.93. The van der Waals surface area contributed by atoms with Crippen LogP contribution in [0.1, 0.15) is 51.0 Å². The van der Waals surface area contributed by atoms with Crippen LogP contribution >= 0.6 is 23.2 Å². The molecule has 2 aromatic carbocycles. The molecule has 1 aliphatic rings. The van der Waals surface area contributed by atoms with Crippen molar-refractivity contribution in [1.29, 1.82) is 0 Å². The molecular weight excluding hydrogens is 549 g/mol. The van der Waals surface area contributed by atoms with E-state index in [0.717, 1.165) is 48.2 Å². The number of sulfonamides is 1. The Morgan fingerprint density at radius 1 is 1.08 bits per heavy atom. The van der Waals surface area contributed by atoms with Gasteiger partial charge in [0.05, 0.1) is 24.1 Å². The van der Waals surface area contributed by atoms with E-state index in [1.54, 1.807) is 19.2 Å². The lowest BCUT2D eigenvalue weighted by atomic mass is 9.95. The van der Waals surface area contributed by atoms with E-state index in [4.69, 9.17) is 27.9 Å². The van der Waals surface area contributed by atoms with Gasteiger partial charge in [0.25, 0.3) is 0 Å². The highest BCUT2D eigenvalue weighted by Gasteiger charge is 2.33. The Hall–Kier alpha value is -2.49. The number of halogens is 2. The second kappa shape index (κ2) is 13.5. The van der Waals surface area contributed by atoms with Crippen LogP contribution in [0.15, 0.2) is 42.5 Å². The number of hydrogen-bond donors (Lipinski definition) is 1. The van der Waals surface area contributed by atoms with Crippen molar-refractivity contribution in [3.8, 4) is 5.75 Å². The number of amides is 2. The standard InChI is InChI=1S/C27H35Cl2N3O5S/c1-4-24(27(34)30-21-8-6-5-7-9-21)31(17-19-10-13-22(37-2)14-11-19)26(33)18-32(38(3,35)36)25-15-12-20(28)16-23(25)29/h10-16,21,24H,4-9,17-18H2,1-3H3,(H,30,34)/t24-/m1/s1. The average molecular weight is 585 g/mol. The van der Waals surface area contributed by atoms with E-state index < -0.39 is 28.5 Å². The maximum atomic E-state index is 13.8. The summed E-state index contributed by atoms with van der Waals surface area (Å²) in [5, 5.41) is 3.55. The van der Waals surface area contributed by atoms with Crippen LogP contribution in [0.3, 0.4) is 0 Å². The third-order valence-electron chi connectivity index (χ3n) is 6.71. The summed E-state index contributed by atoms with van der Waals surface area (Å²) in [4.78, 5) is 28.7. The highest BCUT2D eigenvalue weighted by atomic mass is 35.5. The minimum Gasteiger partial charge on any atom is -0.497 e. The second-order valence-electron chi connectivity index (χ2n) is 9.50. The highest BCUT2D eigenvalue weighted by molar-refractivity contribution is 7.92. The topological polar surface area (TPSA) is 96.0 Å². The molecule has 1 atom stereocenters. The summed E-state index contributed by atoms with van der Waals surface area (Å²) in [6, 6.07) is 10.9. The molecule has 208 valence electrons. The summed E-state index contributed by atoms with van der Waals surface area (Å²) in [6.07, 6.45) is 6.45. The molecule has 0 radical (unpaired) electrons. The zero-order valence-electron chi connectivity index (χ0n) is 22.0. The van der Waals surface area contributed by atoms with Gasteiger partial charge in [-0.15, -0.1) is 0 Å². The molecular formula is C27H35Cl2N3O5S. The summed E-state index contributed by atoms with van der Waals surface area (Å²) in [5.74, 6) is -0.103. The number of ether oxygens (including phenoxy) is 1. The summed E-state index contributed by atoms with van der Waals surface area (Å²) in [7, 11) is -2.33. The van der Waals surface area contributed by atoms with Gasteiger partial charge in [-0.3, -0.25) is 13.9 Å². The van der Waals surface area contributed by atoms with E-state index in [1.165, 1.54) is 23.1 Å². The number of nitrogens with one attached hydrogen (secondary N) is 1. The largest absolute Gasteiger partial charge is 0.497 e. The lowest BCUT2D eigenvalue weighted by molar-refractivity contribution is -0.140. The molecule has 38 heavy (non-hydrogen) atoms. The third-order valence-corrected chi connectivity index (χ3v) is 8.37. The smallest absolute Gasteiger partial charge is 0.244 e. The molecule has 0 spiro atoms. The third kappa shape index (κ3) is 8.01. The number of benzene rings is 2. The highest BCUT2D eigenvalue weighted by Crippen LogP contribution is 2.31. The van der Waals surface area contributed by atoms with Crippen molar-refractivity contribution < 1.29 is 22.7 Å². The molecule has 0 bridgehead atoms. The van der Waals surface area contributed by atoms with E-state index in [-0.39, 0.29) is 29.2 Å². The molecule has 2 amide bonds. The SMILES string of the molecule is CC[C@H](C(=O)NC1CCCCC1)N(Cc1ccc(OC)cc1)C(=O)CN(c1ccc(Cl)cc1Cl)S(C)(=O)=O. The van der Waals surface area contributed by atoms with Gasteiger partial charge in [0.1, 0.15) is 18.3 Å². The van der Waals surface area contributed by atoms with Crippen LogP contribution in [0, 0.1) is 0 Å². The van der Waals surface area contributed by atoms with E-state index in [1.807, 2.05) is 19.1 Å². The van der Waals surface area contributed by atoms with Gasteiger partial charge in [-0.25, -0.2) is 8.42 Å². The van der Waals surface area contributed by atoms with Crippen molar-refractivity contribution in [2.75, 3.05) is 24.2 Å². The first-order valence-corrected chi connectivity index (χ1v) is 15.3.